The van der Waals surface area contributed by atoms with Crippen molar-refractivity contribution >= 4 is 11.5 Å². The molecule has 0 amide bonds. The van der Waals surface area contributed by atoms with E-state index in [1.54, 1.807) is 13.3 Å². The zero-order chi connectivity index (χ0) is 17.3. The van der Waals surface area contributed by atoms with E-state index >= 15 is 0 Å². The summed E-state index contributed by atoms with van der Waals surface area (Å²) in [5.41, 5.74) is 15.1. The van der Waals surface area contributed by atoms with Crippen molar-refractivity contribution in [2.75, 3.05) is 45.2 Å². The number of anilines is 1. The number of amidine groups is 1. The minimum absolute atomic E-state index is 0.443. The molecule has 0 bridgehead atoms. The molecule has 0 saturated carbocycles. The fraction of sp³-hybridized carbons (Fsp3) is 0.471. The highest BCUT2D eigenvalue weighted by molar-refractivity contribution is 5.97. The third kappa shape index (κ3) is 3.05. The van der Waals surface area contributed by atoms with Crippen LogP contribution in [0.5, 0.6) is 5.75 Å². The van der Waals surface area contributed by atoms with Crippen LogP contribution in [-0.4, -0.2) is 51.1 Å². The quantitative estimate of drug-likeness (QED) is 0.742. The normalized spacial score (nSPS) is 24.9. The maximum Gasteiger partial charge on any atom is 0.211 e. The van der Waals surface area contributed by atoms with Crippen LogP contribution in [0.1, 0.15) is 12.5 Å². The van der Waals surface area contributed by atoms with Crippen LogP contribution >= 0.6 is 0 Å². The number of hydrogen-bond donors (Lipinski definition) is 3. The molecule has 0 aromatic heterocycles. The summed E-state index contributed by atoms with van der Waals surface area (Å²) in [4.78, 5) is 9.07. The Morgan fingerprint density at radius 2 is 1.96 bits per heavy atom. The largest absolute Gasteiger partial charge is 0.495 e. The van der Waals surface area contributed by atoms with Crippen molar-refractivity contribution in [3.63, 3.8) is 0 Å². The number of likely N-dealkylation sites (N-methyl/N-ethyl adjacent to an activating group) is 1. The lowest BCUT2D eigenvalue weighted by molar-refractivity contribution is 0.311. The van der Waals surface area contributed by atoms with Gasteiger partial charge in [-0.25, -0.2) is 4.99 Å². The van der Waals surface area contributed by atoms with Crippen LogP contribution in [0.15, 0.2) is 35.0 Å². The van der Waals surface area contributed by atoms with Crippen molar-refractivity contribution in [3.05, 3.63) is 35.5 Å². The summed E-state index contributed by atoms with van der Waals surface area (Å²) < 4.78 is 5.62. The van der Waals surface area contributed by atoms with E-state index in [0.717, 1.165) is 48.8 Å². The molecule has 1 aromatic carbocycles. The van der Waals surface area contributed by atoms with Gasteiger partial charge in [-0.05, 0) is 26.1 Å². The molecule has 7 nitrogen and oxygen atoms in total. The van der Waals surface area contributed by atoms with Crippen LogP contribution in [0.25, 0.3) is 0 Å². The first-order chi connectivity index (χ1) is 11.4. The van der Waals surface area contributed by atoms with Crippen LogP contribution in [0.2, 0.25) is 0 Å². The fourth-order valence-corrected chi connectivity index (χ4v) is 2.97. The summed E-state index contributed by atoms with van der Waals surface area (Å²) in [6.45, 7) is 5.93. The molecule has 1 aromatic rings. The molecular weight excluding hydrogens is 304 g/mol. The summed E-state index contributed by atoms with van der Waals surface area (Å²) in [6.07, 6.45) is 1.79. The van der Waals surface area contributed by atoms with E-state index in [4.69, 9.17) is 16.2 Å². The summed E-state index contributed by atoms with van der Waals surface area (Å²) >= 11 is 0. The third-order valence-electron chi connectivity index (χ3n) is 4.67. The van der Waals surface area contributed by atoms with E-state index in [9.17, 15) is 0 Å². The molecule has 5 N–H and O–H groups in total. The zero-order valence-electron chi connectivity index (χ0n) is 14.5. The molecule has 0 spiro atoms. The Bertz CT molecular complexity index is 678. The van der Waals surface area contributed by atoms with E-state index < -0.39 is 5.79 Å². The molecule has 2 heterocycles. The first kappa shape index (κ1) is 16.6. The van der Waals surface area contributed by atoms with Gasteiger partial charge >= 0.3 is 0 Å². The Labute approximate surface area is 143 Å². The van der Waals surface area contributed by atoms with Gasteiger partial charge in [0.2, 0.25) is 5.79 Å². The van der Waals surface area contributed by atoms with Crippen molar-refractivity contribution in [3.8, 4) is 5.75 Å². The van der Waals surface area contributed by atoms with Crippen molar-refractivity contribution in [2.45, 2.75) is 12.7 Å². The Morgan fingerprint density at radius 1 is 1.25 bits per heavy atom. The maximum atomic E-state index is 6.40. The standard InChI is InChI=1S/C17H26N6O/c1-12-11-20-17(19,21-16(12)18)13-4-5-14(15(10-13)24-3)23-8-6-22(2)7-9-23/h4-5,10-11,20H,6-9,19H2,1-3H3,(H2,18,21). The predicted molar refractivity (Wildman–Crippen MR) is 97.1 cm³/mol. The molecule has 1 saturated heterocycles. The minimum Gasteiger partial charge on any atom is -0.495 e. The first-order valence-corrected chi connectivity index (χ1v) is 8.14. The topological polar surface area (TPSA) is 92.1 Å². The number of benzene rings is 1. The van der Waals surface area contributed by atoms with Gasteiger partial charge in [-0.3, -0.25) is 5.73 Å². The third-order valence-corrected chi connectivity index (χ3v) is 4.67. The Hall–Kier alpha value is -2.25. The van der Waals surface area contributed by atoms with Gasteiger partial charge in [-0.2, -0.15) is 0 Å². The number of nitrogens with two attached hydrogens (primary N) is 2. The average molecular weight is 330 g/mol. The van der Waals surface area contributed by atoms with Crippen LogP contribution in [0, 0.1) is 0 Å². The lowest BCUT2D eigenvalue weighted by Crippen LogP contribution is -2.50. The van der Waals surface area contributed by atoms with Gasteiger partial charge in [0.1, 0.15) is 11.6 Å². The van der Waals surface area contributed by atoms with Gasteiger partial charge in [0.25, 0.3) is 0 Å². The fourth-order valence-electron chi connectivity index (χ4n) is 2.97. The molecule has 7 heteroatoms. The predicted octanol–water partition coefficient (Wildman–Crippen LogP) is 0.380. The number of rotatable bonds is 3. The van der Waals surface area contributed by atoms with E-state index in [-0.39, 0.29) is 0 Å². The van der Waals surface area contributed by atoms with Crippen molar-refractivity contribution < 1.29 is 4.74 Å². The number of aliphatic imine (C=N–C) groups is 1. The van der Waals surface area contributed by atoms with Gasteiger partial charge in [0, 0.05) is 43.5 Å². The number of hydrogen-bond acceptors (Lipinski definition) is 7. The average Bonchev–Trinajstić information content (AvgIpc) is 2.59. The number of piperazine rings is 1. The van der Waals surface area contributed by atoms with E-state index in [0.29, 0.717) is 5.84 Å². The van der Waals surface area contributed by atoms with Crippen molar-refractivity contribution in [1.82, 2.24) is 10.2 Å². The monoisotopic (exact) mass is 330 g/mol. The van der Waals surface area contributed by atoms with Crippen LogP contribution in [0.3, 0.4) is 0 Å². The van der Waals surface area contributed by atoms with E-state index in [1.165, 1.54) is 0 Å². The molecule has 2 aliphatic heterocycles. The van der Waals surface area contributed by atoms with Gasteiger partial charge in [-0.15, -0.1) is 0 Å². The SMILES string of the molecule is COc1cc(C2(N)N=C(N)C(C)=CN2)ccc1N1CCN(C)CC1. The molecule has 3 rings (SSSR count). The second-order valence-electron chi connectivity index (χ2n) is 6.41. The summed E-state index contributed by atoms with van der Waals surface area (Å²) in [5.74, 6) is 0.166. The second kappa shape index (κ2) is 6.33. The highest BCUT2D eigenvalue weighted by atomic mass is 16.5. The van der Waals surface area contributed by atoms with E-state index in [1.807, 2.05) is 25.1 Å². The molecule has 1 fully saturated rings. The molecule has 2 aliphatic rings. The second-order valence-corrected chi connectivity index (χ2v) is 6.41. The molecule has 1 unspecified atom stereocenters. The van der Waals surface area contributed by atoms with Crippen molar-refractivity contribution in [1.29, 1.82) is 0 Å². The van der Waals surface area contributed by atoms with Crippen LogP contribution < -0.4 is 26.4 Å². The van der Waals surface area contributed by atoms with Crippen LogP contribution in [-0.2, 0) is 5.79 Å². The lowest BCUT2D eigenvalue weighted by atomic mass is 10.0. The number of ether oxygens (including phenoxy) is 1. The van der Waals surface area contributed by atoms with Gasteiger partial charge in [-0.1, -0.05) is 6.07 Å². The van der Waals surface area contributed by atoms with Crippen LogP contribution in [0.4, 0.5) is 5.69 Å². The summed E-state index contributed by atoms with van der Waals surface area (Å²) in [7, 11) is 3.82. The zero-order valence-corrected chi connectivity index (χ0v) is 14.5. The number of nitrogens with zero attached hydrogens (tertiary/aromatic N) is 3. The summed E-state index contributed by atoms with van der Waals surface area (Å²) in [5, 5.41) is 3.12. The molecule has 0 aliphatic carbocycles. The Balaban J connectivity index is 1.90. The lowest BCUT2D eigenvalue weighted by Gasteiger charge is -2.35. The maximum absolute atomic E-state index is 6.40. The first-order valence-electron chi connectivity index (χ1n) is 8.14. The van der Waals surface area contributed by atoms with Gasteiger partial charge < -0.3 is 25.6 Å². The smallest absolute Gasteiger partial charge is 0.211 e. The molecule has 1 atom stereocenters. The number of methoxy groups -OCH3 is 1. The Morgan fingerprint density at radius 3 is 2.58 bits per heavy atom. The highest BCUT2D eigenvalue weighted by Gasteiger charge is 2.30. The summed E-state index contributed by atoms with van der Waals surface area (Å²) in [6, 6.07) is 5.97. The molecular formula is C17H26N6O. The molecule has 0 radical (unpaired) electrons. The Kier molecular flexibility index (Phi) is 4.38. The molecule has 24 heavy (non-hydrogen) atoms. The van der Waals surface area contributed by atoms with Gasteiger partial charge in [0.15, 0.2) is 0 Å². The molecule has 130 valence electrons. The number of nitrogens with one attached hydrogen (secondary N) is 1. The minimum atomic E-state index is -1.07. The highest BCUT2D eigenvalue weighted by Crippen LogP contribution is 2.33. The van der Waals surface area contributed by atoms with Gasteiger partial charge in [0.05, 0.1) is 12.8 Å². The van der Waals surface area contributed by atoms with E-state index in [2.05, 4.69) is 27.2 Å². The van der Waals surface area contributed by atoms with Crippen molar-refractivity contribution in [2.24, 2.45) is 16.5 Å².